The second-order valence-electron chi connectivity index (χ2n) is 6.70. The Bertz CT molecular complexity index is 359. The molecule has 1 saturated carbocycles. The number of amides is 2. The van der Waals surface area contributed by atoms with Crippen LogP contribution in [0.5, 0.6) is 0 Å². The van der Waals surface area contributed by atoms with Crippen LogP contribution >= 0.6 is 0 Å². The molecule has 0 aromatic heterocycles. The van der Waals surface area contributed by atoms with Crippen LogP contribution in [-0.4, -0.2) is 54.3 Å². The average molecular weight is 295 g/mol. The van der Waals surface area contributed by atoms with Crippen molar-refractivity contribution in [2.75, 3.05) is 32.7 Å². The van der Waals surface area contributed by atoms with Crippen LogP contribution in [0.25, 0.3) is 0 Å². The van der Waals surface area contributed by atoms with Gasteiger partial charge in [-0.25, -0.2) is 0 Å². The molecule has 2 amide bonds. The third kappa shape index (κ3) is 4.99. The summed E-state index contributed by atoms with van der Waals surface area (Å²) in [7, 11) is 0. The minimum absolute atomic E-state index is 0.284. The van der Waals surface area contributed by atoms with Gasteiger partial charge in [-0.05, 0) is 11.8 Å². The highest BCUT2D eigenvalue weighted by atomic mass is 16.2. The van der Waals surface area contributed by atoms with Crippen molar-refractivity contribution in [3.05, 3.63) is 0 Å². The monoisotopic (exact) mass is 295 g/mol. The zero-order valence-corrected chi connectivity index (χ0v) is 13.2. The van der Waals surface area contributed by atoms with E-state index in [1.807, 2.05) is 9.80 Å². The maximum absolute atomic E-state index is 12.4. The van der Waals surface area contributed by atoms with Crippen molar-refractivity contribution in [2.45, 2.75) is 45.4 Å². The van der Waals surface area contributed by atoms with Crippen LogP contribution < -0.4 is 5.73 Å². The molecule has 120 valence electrons. The van der Waals surface area contributed by atoms with Gasteiger partial charge in [0.05, 0.1) is 6.54 Å². The van der Waals surface area contributed by atoms with Crippen LogP contribution in [0.4, 0.5) is 0 Å². The van der Waals surface area contributed by atoms with Gasteiger partial charge in [-0.15, -0.1) is 0 Å². The second-order valence-corrected chi connectivity index (χ2v) is 6.70. The van der Waals surface area contributed by atoms with Gasteiger partial charge in [0.25, 0.3) is 0 Å². The molecule has 1 unspecified atom stereocenters. The van der Waals surface area contributed by atoms with Crippen molar-refractivity contribution < 1.29 is 9.59 Å². The summed E-state index contributed by atoms with van der Waals surface area (Å²) in [5.74, 6) is 1.23. The van der Waals surface area contributed by atoms with Gasteiger partial charge in [0, 0.05) is 32.6 Å². The summed E-state index contributed by atoms with van der Waals surface area (Å²) >= 11 is 0. The van der Waals surface area contributed by atoms with Crippen molar-refractivity contribution in [3.8, 4) is 0 Å². The third-order valence-corrected chi connectivity index (χ3v) is 5.06. The predicted octanol–water partition coefficient (Wildman–Crippen LogP) is 1.22. The van der Waals surface area contributed by atoms with Crippen molar-refractivity contribution in [3.63, 3.8) is 0 Å². The Kier molecular flexibility index (Phi) is 6.03. The Morgan fingerprint density at radius 1 is 1.10 bits per heavy atom. The van der Waals surface area contributed by atoms with Gasteiger partial charge in [-0.1, -0.05) is 39.0 Å². The zero-order valence-electron chi connectivity index (χ0n) is 13.2. The zero-order chi connectivity index (χ0) is 15.2. The summed E-state index contributed by atoms with van der Waals surface area (Å²) in [6, 6.07) is 0. The Morgan fingerprint density at radius 3 is 2.29 bits per heavy atom. The summed E-state index contributed by atoms with van der Waals surface area (Å²) in [6.07, 6.45) is 7.28. The molecule has 1 heterocycles. The molecule has 2 fully saturated rings. The number of primary amides is 1. The number of hydrogen-bond donors (Lipinski definition) is 1. The van der Waals surface area contributed by atoms with Gasteiger partial charge < -0.3 is 10.6 Å². The molecule has 0 aromatic rings. The number of carbonyl (C=O) groups is 2. The molecular formula is C16H29N3O2. The maximum atomic E-state index is 12.4. The first-order valence-corrected chi connectivity index (χ1v) is 8.34. The normalized spacial score (nSPS) is 23.0. The first-order valence-electron chi connectivity index (χ1n) is 8.34. The van der Waals surface area contributed by atoms with E-state index in [4.69, 9.17) is 5.73 Å². The van der Waals surface area contributed by atoms with Crippen LogP contribution in [0.1, 0.15) is 45.4 Å². The van der Waals surface area contributed by atoms with E-state index >= 15 is 0 Å². The summed E-state index contributed by atoms with van der Waals surface area (Å²) in [5, 5.41) is 0. The number of carbonyl (C=O) groups excluding carboxylic acids is 2. The standard InChI is InChI=1S/C16H29N3O2/c1-13(14-5-3-2-4-6-14)11-16(21)19-9-7-18(8-10-19)12-15(17)20/h13-14H,2-12H2,1H3,(H2,17,20). The van der Waals surface area contributed by atoms with Crippen molar-refractivity contribution >= 4 is 11.8 Å². The quantitative estimate of drug-likeness (QED) is 0.829. The summed E-state index contributed by atoms with van der Waals surface area (Å²) in [6.45, 7) is 5.50. The highest BCUT2D eigenvalue weighted by molar-refractivity contribution is 5.77. The Labute approximate surface area is 127 Å². The third-order valence-electron chi connectivity index (χ3n) is 5.06. The van der Waals surface area contributed by atoms with Crippen molar-refractivity contribution in [1.29, 1.82) is 0 Å². The minimum atomic E-state index is -0.291. The van der Waals surface area contributed by atoms with Crippen LogP contribution in [0, 0.1) is 11.8 Å². The van der Waals surface area contributed by atoms with Gasteiger partial charge in [-0.3, -0.25) is 14.5 Å². The Hall–Kier alpha value is -1.10. The van der Waals surface area contributed by atoms with Crippen LogP contribution in [0.2, 0.25) is 0 Å². The minimum Gasteiger partial charge on any atom is -0.369 e. The Morgan fingerprint density at radius 2 is 1.71 bits per heavy atom. The topological polar surface area (TPSA) is 66.6 Å². The smallest absolute Gasteiger partial charge is 0.231 e. The fraction of sp³-hybridized carbons (Fsp3) is 0.875. The second kappa shape index (κ2) is 7.78. The largest absolute Gasteiger partial charge is 0.369 e. The number of hydrogen-bond acceptors (Lipinski definition) is 3. The van der Waals surface area contributed by atoms with E-state index in [-0.39, 0.29) is 11.8 Å². The lowest BCUT2D eigenvalue weighted by atomic mass is 9.79. The first kappa shape index (κ1) is 16.3. The molecule has 0 aromatic carbocycles. The van der Waals surface area contributed by atoms with Gasteiger partial charge in [0.2, 0.25) is 11.8 Å². The van der Waals surface area contributed by atoms with E-state index in [0.717, 1.165) is 32.1 Å². The van der Waals surface area contributed by atoms with Crippen molar-refractivity contribution in [2.24, 2.45) is 17.6 Å². The molecule has 2 rings (SSSR count). The molecule has 0 bridgehead atoms. The van der Waals surface area contributed by atoms with E-state index in [0.29, 0.717) is 18.9 Å². The number of rotatable bonds is 5. The molecule has 0 radical (unpaired) electrons. The molecule has 1 atom stereocenters. The van der Waals surface area contributed by atoms with Gasteiger partial charge in [-0.2, -0.15) is 0 Å². The first-order chi connectivity index (χ1) is 10.1. The van der Waals surface area contributed by atoms with Crippen LogP contribution in [-0.2, 0) is 9.59 Å². The molecule has 1 aliphatic carbocycles. The molecule has 21 heavy (non-hydrogen) atoms. The highest BCUT2D eigenvalue weighted by Gasteiger charge is 2.26. The van der Waals surface area contributed by atoms with E-state index < -0.39 is 0 Å². The summed E-state index contributed by atoms with van der Waals surface area (Å²) in [4.78, 5) is 27.3. The van der Waals surface area contributed by atoms with Gasteiger partial charge in [0.15, 0.2) is 0 Å². The van der Waals surface area contributed by atoms with E-state index in [1.54, 1.807) is 0 Å². The summed E-state index contributed by atoms with van der Waals surface area (Å²) < 4.78 is 0. The fourth-order valence-corrected chi connectivity index (χ4v) is 3.65. The molecule has 2 N–H and O–H groups in total. The molecule has 5 heteroatoms. The molecular weight excluding hydrogens is 266 g/mol. The highest BCUT2D eigenvalue weighted by Crippen LogP contribution is 2.31. The van der Waals surface area contributed by atoms with Crippen LogP contribution in [0.15, 0.2) is 0 Å². The van der Waals surface area contributed by atoms with Crippen molar-refractivity contribution in [1.82, 2.24) is 9.80 Å². The lowest BCUT2D eigenvalue weighted by molar-refractivity contribution is -0.134. The average Bonchev–Trinajstić information content (AvgIpc) is 2.48. The number of nitrogens with two attached hydrogens (primary N) is 1. The molecule has 5 nitrogen and oxygen atoms in total. The molecule has 0 spiro atoms. The molecule has 1 saturated heterocycles. The van der Waals surface area contributed by atoms with Gasteiger partial charge in [0.1, 0.15) is 0 Å². The molecule has 2 aliphatic rings. The Balaban J connectivity index is 1.72. The van der Waals surface area contributed by atoms with E-state index in [9.17, 15) is 9.59 Å². The maximum Gasteiger partial charge on any atom is 0.231 e. The van der Waals surface area contributed by atoms with Crippen LogP contribution in [0.3, 0.4) is 0 Å². The van der Waals surface area contributed by atoms with E-state index in [2.05, 4.69) is 6.92 Å². The lowest BCUT2D eigenvalue weighted by Gasteiger charge is -2.35. The van der Waals surface area contributed by atoms with E-state index in [1.165, 1.54) is 32.1 Å². The molecule has 1 aliphatic heterocycles. The predicted molar refractivity (Wildman–Crippen MR) is 82.6 cm³/mol. The number of piperazine rings is 1. The van der Waals surface area contributed by atoms with Gasteiger partial charge >= 0.3 is 0 Å². The number of nitrogens with zero attached hydrogens (tertiary/aromatic N) is 2. The SMILES string of the molecule is CC(CC(=O)N1CCN(CC(N)=O)CC1)C1CCCCC1. The fourth-order valence-electron chi connectivity index (χ4n) is 3.65. The lowest BCUT2D eigenvalue weighted by Crippen LogP contribution is -2.50. The summed E-state index contributed by atoms with van der Waals surface area (Å²) in [5.41, 5.74) is 5.21.